The lowest BCUT2D eigenvalue weighted by molar-refractivity contribution is 0.102. The molecule has 1 aromatic heterocycles. The van der Waals surface area contributed by atoms with Gasteiger partial charge in [-0.3, -0.25) is 10.1 Å². The highest BCUT2D eigenvalue weighted by atomic mass is 32.1. The van der Waals surface area contributed by atoms with Crippen LogP contribution < -0.4 is 10.6 Å². The van der Waals surface area contributed by atoms with Crippen LogP contribution in [0.15, 0.2) is 18.2 Å². The van der Waals surface area contributed by atoms with Gasteiger partial charge in [0.25, 0.3) is 5.91 Å². The molecule has 0 radical (unpaired) electrons. The number of rotatable bonds is 8. The number of benzene rings is 1. The number of hydrogen-bond donors (Lipinski definition) is 2. The summed E-state index contributed by atoms with van der Waals surface area (Å²) in [5.41, 5.74) is 3.11. The molecule has 0 spiro atoms. The summed E-state index contributed by atoms with van der Waals surface area (Å²) in [5.74, 6) is 0.305. The van der Waals surface area contributed by atoms with Crippen molar-refractivity contribution in [1.29, 1.82) is 0 Å². The molecular formula is C19H27N4O2S+. The highest BCUT2D eigenvalue weighted by molar-refractivity contribution is 7.15. The van der Waals surface area contributed by atoms with Crippen LogP contribution in [-0.2, 0) is 0 Å². The van der Waals surface area contributed by atoms with Crippen molar-refractivity contribution in [3.63, 3.8) is 0 Å². The molecule has 4 N–H and O–H groups in total. The monoisotopic (exact) mass is 375 g/mol. The Morgan fingerprint density at radius 1 is 1.38 bits per heavy atom. The zero-order valence-corrected chi connectivity index (χ0v) is 16.3. The topological polar surface area (TPSA) is 89.8 Å². The van der Waals surface area contributed by atoms with Crippen LogP contribution in [0.2, 0.25) is 0 Å². The van der Waals surface area contributed by atoms with Gasteiger partial charge in [-0.25, -0.2) is 0 Å². The summed E-state index contributed by atoms with van der Waals surface area (Å²) < 4.78 is 0. The van der Waals surface area contributed by atoms with Crippen molar-refractivity contribution in [2.24, 2.45) is 0 Å². The first kappa shape index (κ1) is 18.9. The van der Waals surface area contributed by atoms with E-state index in [4.69, 9.17) is 5.11 Å². The van der Waals surface area contributed by atoms with E-state index in [-0.39, 0.29) is 5.91 Å². The molecule has 1 fully saturated rings. The molecule has 3 atom stereocenters. The van der Waals surface area contributed by atoms with Gasteiger partial charge in [0.1, 0.15) is 11.6 Å². The largest absolute Gasteiger partial charge is 0.445 e. The molecule has 6 nitrogen and oxygen atoms in total. The number of nitrogens with one attached hydrogen (secondary N) is 2. The summed E-state index contributed by atoms with van der Waals surface area (Å²) in [6, 6.07) is 6.76. The maximum absolute atomic E-state index is 12.5. The summed E-state index contributed by atoms with van der Waals surface area (Å²) in [6.07, 6.45) is 3.03. The van der Waals surface area contributed by atoms with Crippen molar-refractivity contribution in [3.05, 3.63) is 39.9 Å². The molecule has 0 aliphatic heterocycles. The molecule has 7 heteroatoms. The molecule has 1 heterocycles. The van der Waals surface area contributed by atoms with Crippen molar-refractivity contribution in [1.82, 2.24) is 15.5 Å². The lowest BCUT2D eigenvalue weighted by Gasteiger charge is -2.15. The fourth-order valence-electron chi connectivity index (χ4n) is 3.30. The van der Waals surface area contributed by atoms with E-state index in [1.807, 2.05) is 25.1 Å². The van der Waals surface area contributed by atoms with Crippen molar-refractivity contribution >= 4 is 22.4 Å². The Balaban J connectivity index is 1.67. The Morgan fingerprint density at radius 3 is 2.85 bits per heavy atom. The van der Waals surface area contributed by atoms with Gasteiger partial charge in [0.05, 0.1) is 0 Å². The van der Waals surface area contributed by atoms with E-state index in [1.165, 1.54) is 22.5 Å². The van der Waals surface area contributed by atoms with Crippen molar-refractivity contribution in [3.8, 4) is 0 Å². The Kier molecular flexibility index (Phi) is 6.01. The average Bonchev–Trinajstić information content (AvgIpc) is 3.26. The number of anilines is 1. The average molecular weight is 376 g/mol. The summed E-state index contributed by atoms with van der Waals surface area (Å²) in [7, 11) is 0. The standard InChI is InChI=1S/C19H26N4O2S/c1-4-14(7-8-24)20-17-10-16(17)15-9-13(6-5-11(15)2)18(25)21-19-23-22-12(3)26-19/h5-6,9,14,16-17,20,24H,4,7-8,10H2,1-3H3,(H,21,23,25)/p+1. The number of aryl methyl sites for hydroxylation is 2. The summed E-state index contributed by atoms with van der Waals surface area (Å²) >= 11 is 1.37. The van der Waals surface area contributed by atoms with Crippen LogP contribution in [0.1, 0.15) is 58.6 Å². The molecule has 2 aromatic rings. The second-order valence-electron chi connectivity index (χ2n) is 6.91. The Bertz CT molecular complexity index is 777. The highest BCUT2D eigenvalue weighted by Crippen LogP contribution is 2.43. The number of carbonyl (C=O) groups excluding carboxylic acids is 1. The van der Waals surface area contributed by atoms with Crippen molar-refractivity contribution in [2.45, 2.75) is 58.0 Å². The van der Waals surface area contributed by atoms with Crippen LogP contribution in [0.5, 0.6) is 0 Å². The second kappa shape index (κ2) is 8.24. The molecule has 140 valence electrons. The van der Waals surface area contributed by atoms with Crippen LogP contribution in [0, 0.1) is 13.8 Å². The summed E-state index contributed by atoms with van der Waals surface area (Å²) in [6.45, 7) is 6.59. The van der Waals surface area contributed by atoms with Gasteiger partial charge in [-0.1, -0.05) is 24.3 Å². The number of amides is 1. The first-order valence-electron chi connectivity index (χ1n) is 9.14. The predicted octanol–water partition coefficient (Wildman–Crippen LogP) is 2.75. The maximum atomic E-state index is 12.5. The lowest BCUT2D eigenvalue weighted by atomic mass is 10.0. The van der Waals surface area contributed by atoms with Gasteiger partial charge < -0.3 is 10.4 Å². The third kappa shape index (κ3) is 4.47. The van der Waals surface area contributed by atoms with E-state index in [0.29, 0.717) is 35.3 Å². The van der Waals surface area contributed by atoms with Crippen molar-refractivity contribution < 1.29 is 9.90 Å². The molecule has 1 aliphatic rings. The summed E-state index contributed by atoms with van der Waals surface area (Å²) in [4.78, 5) is 12.5. The highest BCUT2D eigenvalue weighted by Gasteiger charge is 2.40. The molecule has 0 bridgehead atoms. The molecule has 1 aliphatic carbocycles. The zero-order valence-electron chi connectivity index (χ0n) is 15.5. The third-order valence-corrected chi connectivity index (χ3v) is 5.67. The van der Waals surface area contributed by atoms with Crippen LogP contribution in [0.25, 0.3) is 0 Å². The van der Waals surface area contributed by atoms with Gasteiger partial charge in [-0.05, 0) is 49.9 Å². The Labute approximate surface area is 158 Å². The van der Waals surface area contributed by atoms with Gasteiger partial charge in [0.2, 0.25) is 5.13 Å². The van der Waals surface area contributed by atoms with E-state index < -0.39 is 0 Å². The maximum Gasteiger partial charge on any atom is 0.257 e. The Hall–Kier alpha value is -1.83. The minimum atomic E-state index is -0.145. The van der Waals surface area contributed by atoms with Gasteiger partial charge in [0.15, 0.2) is 0 Å². The fraction of sp³-hybridized carbons (Fsp3) is 0.526. The number of aromatic nitrogens is 2. The van der Waals surface area contributed by atoms with Crippen LogP contribution in [-0.4, -0.2) is 39.9 Å². The van der Waals surface area contributed by atoms with E-state index in [2.05, 4.69) is 34.7 Å². The minimum Gasteiger partial charge on any atom is -0.445 e. The van der Waals surface area contributed by atoms with E-state index in [9.17, 15) is 4.79 Å². The van der Waals surface area contributed by atoms with Gasteiger partial charge in [-0.15, -0.1) is 10.2 Å². The molecular weight excluding hydrogens is 348 g/mol. The first-order valence-corrected chi connectivity index (χ1v) is 9.96. The smallest absolute Gasteiger partial charge is 0.257 e. The molecule has 1 saturated carbocycles. The van der Waals surface area contributed by atoms with Crippen LogP contribution >= 0.6 is 11.3 Å². The summed E-state index contributed by atoms with van der Waals surface area (Å²) in [5, 5.41) is 23.2. The quantitative estimate of drug-likeness (QED) is 0.694. The molecule has 3 rings (SSSR count). The lowest BCUT2D eigenvalue weighted by Crippen LogP contribution is -2.32. The molecule has 26 heavy (non-hydrogen) atoms. The molecule has 1 amide bonds. The van der Waals surface area contributed by atoms with Gasteiger partial charge >= 0.3 is 0 Å². The van der Waals surface area contributed by atoms with E-state index in [1.54, 1.807) is 0 Å². The number of hydrogen-bond acceptors (Lipinski definition) is 5. The minimum absolute atomic E-state index is 0.145. The van der Waals surface area contributed by atoms with Crippen LogP contribution in [0.4, 0.5) is 5.13 Å². The van der Waals surface area contributed by atoms with Crippen molar-refractivity contribution in [2.75, 3.05) is 11.9 Å². The molecule has 3 unspecified atom stereocenters. The second-order valence-corrected chi connectivity index (χ2v) is 8.09. The number of carbonyl (C=O) groups is 1. The van der Waals surface area contributed by atoms with Crippen LogP contribution in [0.3, 0.4) is 0 Å². The van der Waals surface area contributed by atoms with Gasteiger partial charge in [0, 0.05) is 30.0 Å². The number of nitrogens with zero attached hydrogens (tertiary/aromatic N) is 2. The third-order valence-electron chi connectivity index (χ3n) is 4.91. The first-order chi connectivity index (χ1) is 12.5. The SMILES string of the molecule is CCC(CC[OH2+])NC1CC1c1cc(C(=O)Nc2nnc(C)s2)ccc1C. The molecule has 0 saturated heterocycles. The van der Waals surface area contributed by atoms with Gasteiger partial charge in [-0.2, -0.15) is 0 Å². The zero-order chi connectivity index (χ0) is 18.7. The molecule has 1 aromatic carbocycles. The van der Waals surface area contributed by atoms with E-state index >= 15 is 0 Å². The Morgan fingerprint density at radius 2 is 2.19 bits per heavy atom. The van der Waals surface area contributed by atoms with E-state index in [0.717, 1.165) is 24.3 Å². The predicted molar refractivity (Wildman–Crippen MR) is 105 cm³/mol. The normalized spacial score (nSPS) is 20.0. The fourth-order valence-corrected chi connectivity index (χ4v) is 3.89.